The molecule has 6 heteroatoms. The summed E-state index contributed by atoms with van der Waals surface area (Å²) in [6.45, 7) is 5.56. The van der Waals surface area contributed by atoms with Crippen LogP contribution in [0.15, 0.2) is 75.9 Å². The molecular formula is C27H28N4O2. The smallest absolute Gasteiger partial charge is 0.164 e. The van der Waals surface area contributed by atoms with E-state index in [-0.39, 0.29) is 17.4 Å². The summed E-state index contributed by atoms with van der Waals surface area (Å²) in [5, 5.41) is 12.4. The summed E-state index contributed by atoms with van der Waals surface area (Å²) >= 11 is 0. The van der Waals surface area contributed by atoms with E-state index in [1.165, 1.54) is 0 Å². The van der Waals surface area contributed by atoms with Crippen molar-refractivity contribution in [2.75, 3.05) is 13.2 Å². The second kappa shape index (κ2) is 7.45. The number of nitrogens with one attached hydrogen (secondary N) is 1. The normalized spacial score (nSPS) is 30.3. The molecule has 1 N–H and O–H groups in total. The van der Waals surface area contributed by atoms with E-state index in [9.17, 15) is 4.79 Å². The fourth-order valence-electron chi connectivity index (χ4n) is 6.31. The zero-order valence-corrected chi connectivity index (χ0v) is 19.1. The van der Waals surface area contributed by atoms with Gasteiger partial charge in [-0.2, -0.15) is 10.2 Å². The molecule has 1 saturated heterocycles. The summed E-state index contributed by atoms with van der Waals surface area (Å²) in [5.74, 6) is 0.229. The Labute approximate surface area is 193 Å². The molecule has 0 amide bonds. The summed E-state index contributed by atoms with van der Waals surface area (Å²) in [5.41, 5.74) is 6.74. The number of carbonyl (C=O) groups excluding carboxylic acids is 1. The zero-order chi connectivity index (χ0) is 22.6. The molecule has 6 nitrogen and oxygen atoms in total. The summed E-state index contributed by atoms with van der Waals surface area (Å²) in [4.78, 5) is 18.2. The molecule has 168 valence electrons. The van der Waals surface area contributed by atoms with Crippen molar-refractivity contribution in [1.29, 1.82) is 0 Å². The maximum absolute atomic E-state index is 13.9. The Morgan fingerprint density at radius 1 is 1.18 bits per heavy atom. The number of carbonyl (C=O) groups is 1. The number of allylic oxidation sites excluding steroid dienone is 2. The molecule has 6 rings (SSSR count). The molecule has 0 bridgehead atoms. The molecular weight excluding hydrogens is 412 g/mol. The maximum Gasteiger partial charge on any atom is 0.164 e. The van der Waals surface area contributed by atoms with Crippen LogP contribution in [-0.2, 0) is 14.9 Å². The lowest BCUT2D eigenvalue weighted by Gasteiger charge is -2.48. The van der Waals surface area contributed by atoms with Gasteiger partial charge in [-0.1, -0.05) is 25.1 Å². The van der Waals surface area contributed by atoms with Crippen LogP contribution >= 0.6 is 0 Å². The monoisotopic (exact) mass is 440 g/mol. The van der Waals surface area contributed by atoms with Crippen molar-refractivity contribution in [3.63, 3.8) is 0 Å². The summed E-state index contributed by atoms with van der Waals surface area (Å²) in [6, 6.07) is 12.8. The minimum absolute atomic E-state index is 0.0875. The van der Waals surface area contributed by atoms with E-state index in [0.717, 1.165) is 65.1 Å². The number of Topliss-reactive ketones (excluding diaryl/α,β-unsaturated/α-hetero) is 1. The van der Waals surface area contributed by atoms with Gasteiger partial charge in [-0.25, -0.2) is 0 Å². The highest BCUT2D eigenvalue weighted by Crippen LogP contribution is 2.55. The average Bonchev–Trinajstić information content (AvgIpc) is 3.47. The van der Waals surface area contributed by atoms with E-state index in [2.05, 4.69) is 57.8 Å². The summed E-state index contributed by atoms with van der Waals surface area (Å²) in [7, 11) is 0. The van der Waals surface area contributed by atoms with Gasteiger partial charge < -0.3 is 10.1 Å². The average molecular weight is 441 g/mol. The highest BCUT2D eigenvalue weighted by Gasteiger charge is 2.55. The van der Waals surface area contributed by atoms with Gasteiger partial charge in [0.2, 0.25) is 0 Å². The Bertz CT molecular complexity index is 1240. The van der Waals surface area contributed by atoms with Gasteiger partial charge in [0.05, 0.1) is 18.2 Å². The second-order valence-corrected chi connectivity index (χ2v) is 9.82. The van der Waals surface area contributed by atoms with Crippen LogP contribution < -0.4 is 5.32 Å². The molecule has 1 aliphatic carbocycles. The SMILES string of the molecule is CC[C@@]1(c2cccc(-c3ccnc(C)c3)c2)C2=CN=NC2NC2=C1C(=O)C[C@@]1(CCOC1)C2. The number of rotatable bonds is 3. The highest BCUT2D eigenvalue weighted by molar-refractivity contribution is 6.01. The minimum atomic E-state index is -0.537. The van der Waals surface area contributed by atoms with Gasteiger partial charge >= 0.3 is 0 Å². The van der Waals surface area contributed by atoms with Crippen LogP contribution in [0.4, 0.5) is 0 Å². The molecule has 0 saturated carbocycles. The topological polar surface area (TPSA) is 75.9 Å². The number of nitrogens with zero attached hydrogens (tertiary/aromatic N) is 3. The van der Waals surface area contributed by atoms with E-state index in [1.807, 2.05) is 25.4 Å². The van der Waals surface area contributed by atoms with Crippen molar-refractivity contribution in [3.8, 4) is 11.1 Å². The molecule has 1 aromatic heterocycles. The number of hydrogen-bond donors (Lipinski definition) is 1. The van der Waals surface area contributed by atoms with E-state index in [0.29, 0.717) is 13.0 Å². The number of benzene rings is 1. The fraction of sp³-hybridized carbons (Fsp3) is 0.407. The Kier molecular flexibility index (Phi) is 4.63. The third kappa shape index (κ3) is 3.04. The van der Waals surface area contributed by atoms with Crippen molar-refractivity contribution < 1.29 is 9.53 Å². The van der Waals surface area contributed by atoms with Gasteiger partial charge in [0.1, 0.15) is 0 Å². The number of aryl methyl sites for hydroxylation is 1. The van der Waals surface area contributed by atoms with Crippen LogP contribution in [0, 0.1) is 12.3 Å². The first-order chi connectivity index (χ1) is 16.0. The van der Waals surface area contributed by atoms with Gasteiger partial charge in [0.25, 0.3) is 0 Å². The Morgan fingerprint density at radius 3 is 2.85 bits per heavy atom. The molecule has 2 aromatic rings. The lowest BCUT2D eigenvalue weighted by Crippen LogP contribution is -2.52. The Hall–Kier alpha value is -3.12. The molecule has 33 heavy (non-hydrogen) atoms. The quantitative estimate of drug-likeness (QED) is 0.728. The van der Waals surface area contributed by atoms with Crippen molar-refractivity contribution in [1.82, 2.24) is 10.3 Å². The minimum Gasteiger partial charge on any atom is -0.381 e. The van der Waals surface area contributed by atoms with Crippen molar-refractivity contribution >= 4 is 5.78 Å². The lowest BCUT2D eigenvalue weighted by molar-refractivity contribution is -0.119. The molecule has 3 aliphatic heterocycles. The standard InChI is InChI=1S/C27H28N4O2/c1-3-27(20-6-4-5-18(12-20)19-7-9-28-17(2)11-19)21-15-29-31-25(21)30-22-13-26(8-10-33-16-26)14-23(32)24(22)27/h4-7,9,11-12,15,25,30H,3,8,10,13-14,16H2,1-2H3/t25?,26-,27-/m1/s1. The van der Waals surface area contributed by atoms with Gasteiger partial charge in [0, 0.05) is 47.2 Å². The van der Waals surface area contributed by atoms with Crippen molar-refractivity contribution in [2.24, 2.45) is 15.6 Å². The van der Waals surface area contributed by atoms with E-state index in [4.69, 9.17) is 4.74 Å². The third-order valence-electron chi connectivity index (χ3n) is 7.87. The first-order valence-electron chi connectivity index (χ1n) is 11.8. The molecule has 3 atom stereocenters. The molecule has 1 spiro atoms. The summed E-state index contributed by atoms with van der Waals surface area (Å²) in [6.07, 6.45) is 6.57. The first-order valence-corrected chi connectivity index (χ1v) is 11.8. The molecule has 4 heterocycles. The molecule has 1 fully saturated rings. The van der Waals surface area contributed by atoms with Crippen molar-refractivity contribution in [3.05, 3.63) is 76.9 Å². The summed E-state index contributed by atoms with van der Waals surface area (Å²) < 4.78 is 5.73. The Morgan fingerprint density at radius 2 is 2.06 bits per heavy atom. The number of azo groups is 1. The van der Waals surface area contributed by atoms with Gasteiger partial charge in [-0.3, -0.25) is 9.78 Å². The van der Waals surface area contributed by atoms with Gasteiger partial charge in [0.15, 0.2) is 11.9 Å². The molecule has 0 radical (unpaired) electrons. The fourth-order valence-corrected chi connectivity index (χ4v) is 6.31. The van der Waals surface area contributed by atoms with Crippen LogP contribution in [0.5, 0.6) is 0 Å². The first kappa shape index (κ1) is 20.5. The van der Waals surface area contributed by atoms with Crippen molar-refractivity contribution in [2.45, 2.75) is 51.1 Å². The van der Waals surface area contributed by atoms with Gasteiger partial charge in [-0.05, 0) is 61.1 Å². The number of ether oxygens (including phenoxy) is 1. The predicted molar refractivity (Wildman–Crippen MR) is 125 cm³/mol. The molecule has 1 unspecified atom stereocenters. The maximum atomic E-state index is 13.9. The number of pyridine rings is 1. The Balaban J connectivity index is 1.54. The van der Waals surface area contributed by atoms with Crippen LogP contribution in [-0.4, -0.2) is 30.1 Å². The molecule has 4 aliphatic rings. The predicted octanol–water partition coefficient (Wildman–Crippen LogP) is 5.01. The van der Waals surface area contributed by atoms with Crippen LogP contribution in [0.2, 0.25) is 0 Å². The molecule has 1 aromatic carbocycles. The van der Waals surface area contributed by atoms with E-state index < -0.39 is 5.41 Å². The van der Waals surface area contributed by atoms with E-state index in [1.54, 1.807) is 0 Å². The highest BCUT2D eigenvalue weighted by atomic mass is 16.5. The number of aromatic nitrogens is 1. The van der Waals surface area contributed by atoms with E-state index >= 15 is 0 Å². The zero-order valence-electron chi connectivity index (χ0n) is 19.1. The van der Waals surface area contributed by atoms with Crippen LogP contribution in [0.1, 0.15) is 43.9 Å². The van der Waals surface area contributed by atoms with Gasteiger partial charge in [-0.15, -0.1) is 0 Å². The number of hydrogen-bond acceptors (Lipinski definition) is 6. The number of ketones is 1. The lowest BCUT2D eigenvalue weighted by atomic mass is 9.58. The second-order valence-electron chi connectivity index (χ2n) is 9.82. The van der Waals surface area contributed by atoms with Crippen LogP contribution in [0.3, 0.4) is 0 Å². The largest absolute Gasteiger partial charge is 0.381 e. The van der Waals surface area contributed by atoms with Crippen LogP contribution in [0.25, 0.3) is 11.1 Å². The number of fused-ring (bicyclic) bond motifs is 1. The third-order valence-corrected chi connectivity index (χ3v) is 7.87.